The second-order valence-electron chi connectivity index (χ2n) is 11.5. The molecule has 4 aromatic carbocycles. The largest absolute Gasteiger partial charge is 0.459 e. The molecule has 0 aliphatic carbocycles. The van der Waals surface area contributed by atoms with E-state index < -0.39 is 66.6 Å². The van der Waals surface area contributed by atoms with Crippen molar-refractivity contribution in [2.45, 2.75) is 37.1 Å². The molecule has 1 saturated heterocycles. The summed E-state index contributed by atoms with van der Waals surface area (Å²) in [5.74, 6) is -2.53. The van der Waals surface area contributed by atoms with E-state index in [0.29, 0.717) is 5.56 Å². The number of hydrogen-bond acceptors (Lipinski definition) is 9. The molecule has 260 valence electrons. The molecule has 0 bridgehead atoms. The van der Waals surface area contributed by atoms with Crippen LogP contribution < -0.4 is 5.69 Å². The molecule has 1 aromatic heterocycles. The van der Waals surface area contributed by atoms with Crippen molar-refractivity contribution < 1.29 is 46.5 Å². The van der Waals surface area contributed by atoms with Gasteiger partial charge in [0.2, 0.25) is 0 Å². The number of rotatable bonds is 10. The topological polar surface area (TPSA) is 123 Å². The van der Waals surface area contributed by atoms with Crippen LogP contribution in [0.15, 0.2) is 132 Å². The average molecular weight is 699 g/mol. The van der Waals surface area contributed by atoms with Crippen LogP contribution in [0.3, 0.4) is 0 Å². The van der Waals surface area contributed by atoms with Crippen LogP contribution in [0.5, 0.6) is 0 Å². The summed E-state index contributed by atoms with van der Waals surface area (Å²) in [6, 6.07) is 31.8. The second kappa shape index (κ2) is 15.2. The van der Waals surface area contributed by atoms with Crippen LogP contribution in [0.1, 0.15) is 54.1 Å². The number of aromatic nitrogens is 2. The van der Waals surface area contributed by atoms with E-state index in [2.05, 4.69) is 4.98 Å². The minimum Gasteiger partial charge on any atom is -0.459 e. The number of nitrogens with zero attached hydrogens (tertiary/aromatic N) is 2. The summed E-state index contributed by atoms with van der Waals surface area (Å²) in [5.41, 5.74) is -2.25. The number of hydrogen-bond donors (Lipinski definition) is 0. The molecule has 1 fully saturated rings. The van der Waals surface area contributed by atoms with Crippen LogP contribution in [-0.2, 0) is 31.5 Å². The van der Waals surface area contributed by atoms with E-state index in [1.165, 1.54) is 36.4 Å². The maximum atomic E-state index is 14.2. The van der Waals surface area contributed by atoms with Gasteiger partial charge >= 0.3 is 29.8 Å². The maximum absolute atomic E-state index is 14.2. The van der Waals surface area contributed by atoms with Gasteiger partial charge in [-0.3, -0.25) is 4.57 Å². The summed E-state index contributed by atoms with van der Waals surface area (Å²) in [6.45, 7) is -0.559. The highest BCUT2D eigenvalue weighted by atomic mass is 19.4. The molecule has 0 spiro atoms. The van der Waals surface area contributed by atoms with Gasteiger partial charge in [0.05, 0.1) is 16.7 Å². The van der Waals surface area contributed by atoms with Crippen LogP contribution in [-0.4, -0.2) is 52.4 Å². The Morgan fingerprint density at radius 3 is 1.67 bits per heavy atom. The van der Waals surface area contributed by atoms with Gasteiger partial charge in [0, 0.05) is 18.2 Å². The zero-order valence-electron chi connectivity index (χ0n) is 26.6. The third kappa shape index (κ3) is 8.22. The van der Waals surface area contributed by atoms with E-state index in [1.54, 1.807) is 84.9 Å². The first kappa shape index (κ1) is 34.8. The molecule has 10 nitrogen and oxygen atoms in total. The molecule has 13 heteroatoms. The Morgan fingerprint density at radius 1 is 0.686 bits per heavy atom. The molecule has 0 saturated carbocycles. The van der Waals surface area contributed by atoms with Gasteiger partial charge in [0.15, 0.2) is 24.1 Å². The molecule has 0 N–H and O–H groups in total. The molecule has 0 radical (unpaired) electrons. The molecule has 4 atom stereocenters. The van der Waals surface area contributed by atoms with E-state index in [9.17, 15) is 32.3 Å². The molecule has 2 heterocycles. The average Bonchev–Trinajstić information content (AvgIpc) is 3.47. The van der Waals surface area contributed by atoms with Gasteiger partial charge in [-0.15, -0.1) is 0 Å². The molecular formula is C38H29F3N2O8. The molecule has 0 amide bonds. The van der Waals surface area contributed by atoms with Crippen LogP contribution >= 0.6 is 0 Å². The SMILES string of the molecule is O=C(OC[C@H]1O[C@@H](n2cc(Cc3ccccc3)c(C(F)(F)F)nc2=O)[C@H](OC(=O)c2ccccc2)[C@@H]1OC(=O)c1ccccc1)c1ccccc1. The predicted octanol–water partition coefficient (Wildman–Crippen LogP) is 6.06. The van der Waals surface area contributed by atoms with E-state index in [0.717, 1.165) is 10.8 Å². The van der Waals surface area contributed by atoms with Gasteiger partial charge < -0.3 is 18.9 Å². The van der Waals surface area contributed by atoms with Crippen LogP contribution in [0, 0.1) is 0 Å². The fourth-order valence-electron chi connectivity index (χ4n) is 5.56. The van der Waals surface area contributed by atoms with Gasteiger partial charge in [0.25, 0.3) is 0 Å². The second-order valence-corrected chi connectivity index (χ2v) is 11.5. The number of alkyl halides is 3. The van der Waals surface area contributed by atoms with Crippen molar-refractivity contribution in [2.75, 3.05) is 6.61 Å². The zero-order valence-corrected chi connectivity index (χ0v) is 26.6. The van der Waals surface area contributed by atoms with E-state index in [-0.39, 0.29) is 28.7 Å². The van der Waals surface area contributed by atoms with Crippen molar-refractivity contribution in [1.82, 2.24) is 9.55 Å². The third-order valence-corrected chi connectivity index (χ3v) is 7.99. The van der Waals surface area contributed by atoms with Gasteiger partial charge in [0.1, 0.15) is 12.7 Å². The van der Waals surface area contributed by atoms with Crippen molar-refractivity contribution in [1.29, 1.82) is 0 Å². The van der Waals surface area contributed by atoms with Gasteiger partial charge in [-0.1, -0.05) is 84.9 Å². The lowest BCUT2D eigenvalue weighted by molar-refractivity contribution is -0.142. The molecular weight excluding hydrogens is 669 g/mol. The molecule has 1 aliphatic heterocycles. The minimum absolute atomic E-state index is 0.0889. The lowest BCUT2D eigenvalue weighted by atomic mass is 10.0. The number of carbonyl (C=O) groups excluding carboxylic acids is 3. The van der Waals surface area contributed by atoms with E-state index in [1.807, 2.05) is 0 Å². The third-order valence-electron chi connectivity index (χ3n) is 7.99. The van der Waals surface area contributed by atoms with Gasteiger partial charge in [-0.05, 0) is 42.0 Å². The highest BCUT2D eigenvalue weighted by Crippen LogP contribution is 2.36. The Morgan fingerprint density at radius 2 is 1.16 bits per heavy atom. The van der Waals surface area contributed by atoms with Crippen LogP contribution in [0.4, 0.5) is 13.2 Å². The fourth-order valence-corrected chi connectivity index (χ4v) is 5.56. The number of esters is 3. The molecule has 6 rings (SSSR count). The summed E-state index contributed by atoms with van der Waals surface area (Å²) >= 11 is 0. The summed E-state index contributed by atoms with van der Waals surface area (Å²) in [6.07, 6.45) is -10.5. The first-order valence-corrected chi connectivity index (χ1v) is 15.7. The Labute approximate surface area is 289 Å². The molecule has 0 unspecified atom stereocenters. The zero-order chi connectivity index (χ0) is 36.0. The van der Waals surface area contributed by atoms with Crippen LogP contribution in [0.25, 0.3) is 0 Å². The van der Waals surface area contributed by atoms with Crippen molar-refractivity contribution in [3.63, 3.8) is 0 Å². The molecule has 51 heavy (non-hydrogen) atoms. The lowest BCUT2D eigenvalue weighted by Crippen LogP contribution is -2.43. The van der Waals surface area contributed by atoms with Crippen molar-refractivity contribution in [2.24, 2.45) is 0 Å². The Hall–Kier alpha value is -6.08. The smallest absolute Gasteiger partial charge is 0.433 e. The Kier molecular flexibility index (Phi) is 10.4. The van der Waals surface area contributed by atoms with Crippen molar-refractivity contribution in [3.8, 4) is 0 Å². The van der Waals surface area contributed by atoms with Crippen molar-refractivity contribution in [3.05, 3.63) is 172 Å². The predicted molar refractivity (Wildman–Crippen MR) is 175 cm³/mol. The van der Waals surface area contributed by atoms with Gasteiger partial charge in [-0.25, -0.2) is 19.2 Å². The number of benzene rings is 4. The van der Waals surface area contributed by atoms with Gasteiger partial charge in [-0.2, -0.15) is 18.2 Å². The first-order valence-electron chi connectivity index (χ1n) is 15.7. The summed E-state index contributed by atoms with van der Waals surface area (Å²) in [7, 11) is 0. The highest BCUT2D eigenvalue weighted by molar-refractivity contribution is 5.91. The number of ether oxygens (including phenoxy) is 4. The number of halogens is 3. The summed E-state index contributed by atoms with van der Waals surface area (Å²) in [4.78, 5) is 56.6. The monoisotopic (exact) mass is 698 g/mol. The molecule has 5 aromatic rings. The van der Waals surface area contributed by atoms with E-state index in [4.69, 9.17) is 18.9 Å². The minimum atomic E-state index is -4.99. The summed E-state index contributed by atoms with van der Waals surface area (Å²) < 4.78 is 66.7. The summed E-state index contributed by atoms with van der Waals surface area (Å²) in [5, 5.41) is 0. The lowest BCUT2D eigenvalue weighted by Gasteiger charge is -2.25. The molecule has 1 aliphatic rings. The Bertz CT molecular complexity index is 2040. The first-order chi connectivity index (χ1) is 24.6. The quantitative estimate of drug-likeness (QED) is 0.127. The normalized spacial score (nSPS) is 18.5. The Balaban J connectivity index is 1.43. The highest BCUT2D eigenvalue weighted by Gasteiger charge is 2.52. The standard InChI is InChI=1S/C38H29F3N2O8/c39-38(40,41)32-28(21-24-13-5-1-6-14-24)22-43(37(47)42-32)33-31(51-36(46)27-19-11-4-12-20-27)30(50-35(45)26-17-9-3-10-18-26)29(49-33)23-48-34(44)25-15-7-2-8-16-25/h1-20,22,29-31,33H,21,23H2/t29-,30-,31-,33-/m1/s1. The fraction of sp³-hybridized carbons (Fsp3) is 0.184. The van der Waals surface area contributed by atoms with E-state index >= 15 is 0 Å². The maximum Gasteiger partial charge on any atom is 0.433 e. The number of carbonyl (C=O) groups is 3. The van der Waals surface area contributed by atoms with Crippen LogP contribution in [0.2, 0.25) is 0 Å². The van der Waals surface area contributed by atoms with Crippen molar-refractivity contribution >= 4 is 17.9 Å².